The second kappa shape index (κ2) is 13.9. The molecule has 0 aliphatic rings. The third-order valence-electron chi connectivity index (χ3n) is 6.20. The number of nitrogens with zero attached hydrogens (tertiary/aromatic N) is 3. The van der Waals surface area contributed by atoms with Crippen LogP contribution in [0.4, 0.5) is 9.59 Å². The van der Waals surface area contributed by atoms with Gasteiger partial charge in [0.25, 0.3) is 0 Å². The summed E-state index contributed by atoms with van der Waals surface area (Å²) in [5.41, 5.74) is 0.418. The minimum absolute atomic E-state index is 0.0153. The number of amides is 2. The molecule has 0 bridgehead atoms. The van der Waals surface area contributed by atoms with Gasteiger partial charge in [0, 0.05) is 33.3 Å². The second-order valence-corrected chi connectivity index (χ2v) is 10.3. The summed E-state index contributed by atoms with van der Waals surface area (Å²) in [6, 6.07) is 7.46. The zero-order chi connectivity index (χ0) is 28.3. The molecule has 0 spiro atoms. The van der Waals surface area contributed by atoms with Gasteiger partial charge in [-0.3, -0.25) is 4.57 Å². The molecule has 1 atom stereocenters. The monoisotopic (exact) mass is 532 g/mol. The van der Waals surface area contributed by atoms with Gasteiger partial charge in [-0.05, 0) is 46.1 Å². The summed E-state index contributed by atoms with van der Waals surface area (Å²) < 4.78 is 17.8. The molecule has 1 aromatic heterocycles. The lowest BCUT2D eigenvalue weighted by molar-refractivity contribution is -0.139. The van der Waals surface area contributed by atoms with Crippen LogP contribution in [0.5, 0.6) is 0 Å². The topological polar surface area (TPSA) is 132 Å². The standard InChI is InChI=1S/C27H40N4O7/c1-26(2,36-6)13-15-38-27(3,4)12-14-30(5)25(35)31-17-21(28-19-31)16-22(23(32)33)29-24(34)37-18-20-10-8-7-9-11-20/h7-11,17,19,22H,12-16,18H2,1-6H3,(H,29,34)(H,32,33). The molecule has 11 nitrogen and oxygen atoms in total. The van der Waals surface area contributed by atoms with Crippen molar-refractivity contribution in [2.24, 2.45) is 0 Å². The van der Waals surface area contributed by atoms with Gasteiger partial charge in [0.2, 0.25) is 0 Å². The van der Waals surface area contributed by atoms with Crippen molar-refractivity contribution in [1.29, 1.82) is 0 Å². The van der Waals surface area contributed by atoms with E-state index in [2.05, 4.69) is 10.3 Å². The lowest BCUT2D eigenvalue weighted by atomic mass is 10.0. The lowest BCUT2D eigenvalue weighted by Crippen LogP contribution is -2.42. The summed E-state index contributed by atoms with van der Waals surface area (Å²) in [4.78, 5) is 42.4. The number of methoxy groups -OCH3 is 1. The molecular weight excluding hydrogens is 492 g/mol. The Morgan fingerprint density at radius 2 is 1.79 bits per heavy atom. The SMILES string of the molecule is COC(C)(C)CCOC(C)(C)CCN(C)C(=O)n1cnc(CC(NC(=O)OCc2ccccc2)C(=O)O)c1. The Hall–Kier alpha value is -3.44. The first-order chi connectivity index (χ1) is 17.8. The minimum Gasteiger partial charge on any atom is -0.480 e. The third-order valence-corrected chi connectivity index (χ3v) is 6.20. The van der Waals surface area contributed by atoms with Gasteiger partial charge in [-0.25, -0.2) is 19.4 Å². The number of carbonyl (C=O) groups excluding carboxylic acids is 2. The Balaban J connectivity index is 1.85. The lowest BCUT2D eigenvalue weighted by Gasteiger charge is -2.30. The molecule has 0 saturated carbocycles. The molecule has 2 aromatic rings. The number of alkyl carbamates (subject to hydrolysis) is 1. The van der Waals surface area contributed by atoms with Crippen molar-refractivity contribution >= 4 is 18.1 Å². The maximum atomic E-state index is 12.9. The number of nitrogens with one attached hydrogen (secondary N) is 1. The number of rotatable bonds is 14. The summed E-state index contributed by atoms with van der Waals surface area (Å²) >= 11 is 0. The minimum atomic E-state index is -1.27. The van der Waals surface area contributed by atoms with Crippen molar-refractivity contribution in [3.05, 3.63) is 54.1 Å². The average molecular weight is 533 g/mol. The summed E-state index contributed by atoms with van der Waals surface area (Å²) in [7, 11) is 3.35. The normalized spacial score (nSPS) is 12.6. The Morgan fingerprint density at radius 3 is 2.42 bits per heavy atom. The molecule has 2 rings (SSSR count). The van der Waals surface area contributed by atoms with Crippen molar-refractivity contribution in [2.75, 3.05) is 27.3 Å². The number of aliphatic carboxylic acids is 1. The smallest absolute Gasteiger partial charge is 0.408 e. The number of benzene rings is 1. The Kier molecular flexibility index (Phi) is 11.3. The van der Waals surface area contributed by atoms with Crippen LogP contribution in [-0.4, -0.2) is 82.2 Å². The summed E-state index contributed by atoms with van der Waals surface area (Å²) in [5.74, 6) is -1.24. The molecule has 38 heavy (non-hydrogen) atoms. The number of carboxylic acids is 1. The highest BCUT2D eigenvalue weighted by Gasteiger charge is 2.25. The van der Waals surface area contributed by atoms with Crippen molar-refractivity contribution in [3.63, 3.8) is 0 Å². The van der Waals surface area contributed by atoms with E-state index >= 15 is 0 Å². The number of carboxylic acid groups (broad SMARTS) is 1. The molecule has 2 amide bonds. The van der Waals surface area contributed by atoms with E-state index in [0.29, 0.717) is 25.3 Å². The highest BCUT2D eigenvalue weighted by molar-refractivity contribution is 5.80. The van der Waals surface area contributed by atoms with E-state index in [1.54, 1.807) is 31.2 Å². The van der Waals surface area contributed by atoms with Crippen LogP contribution in [0, 0.1) is 0 Å². The van der Waals surface area contributed by atoms with Crippen LogP contribution in [0.1, 0.15) is 51.8 Å². The largest absolute Gasteiger partial charge is 0.480 e. The van der Waals surface area contributed by atoms with E-state index in [0.717, 1.165) is 12.0 Å². The van der Waals surface area contributed by atoms with Gasteiger partial charge in [0.15, 0.2) is 0 Å². The second-order valence-electron chi connectivity index (χ2n) is 10.3. The van der Waals surface area contributed by atoms with E-state index in [9.17, 15) is 19.5 Å². The molecule has 0 fully saturated rings. The van der Waals surface area contributed by atoms with Gasteiger partial charge in [-0.1, -0.05) is 30.3 Å². The molecule has 1 heterocycles. The first kappa shape index (κ1) is 30.8. The number of hydrogen-bond acceptors (Lipinski definition) is 7. The maximum absolute atomic E-state index is 12.9. The van der Waals surface area contributed by atoms with Gasteiger partial charge in [-0.2, -0.15) is 0 Å². The fourth-order valence-corrected chi connectivity index (χ4v) is 3.37. The van der Waals surface area contributed by atoms with Gasteiger partial charge >= 0.3 is 18.1 Å². The van der Waals surface area contributed by atoms with E-state index in [4.69, 9.17) is 14.2 Å². The molecule has 0 saturated heterocycles. The quantitative estimate of drug-likeness (QED) is 0.376. The molecule has 0 aliphatic heterocycles. The Morgan fingerprint density at radius 1 is 1.11 bits per heavy atom. The van der Waals surface area contributed by atoms with Crippen LogP contribution in [0.15, 0.2) is 42.9 Å². The fourth-order valence-electron chi connectivity index (χ4n) is 3.37. The molecule has 1 aromatic carbocycles. The van der Waals surface area contributed by atoms with Crippen molar-refractivity contribution < 1.29 is 33.7 Å². The van der Waals surface area contributed by atoms with E-state index in [1.807, 2.05) is 45.9 Å². The molecule has 2 N–H and O–H groups in total. The number of aromatic nitrogens is 2. The zero-order valence-electron chi connectivity index (χ0n) is 23.1. The number of carbonyl (C=O) groups is 3. The van der Waals surface area contributed by atoms with Crippen LogP contribution < -0.4 is 5.32 Å². The van der Waals surface area contributed by atoms with Gasteiger partial charge in [0.1, 0.15) is 19.0 Å². The average Bonchev–Trinajstić information content (AvgIpc) is 3.34. The summed E-state index contributed by atoms with van der Waals surface area (Å²) in [6.07, 6.45) is 3.18. The van der Waals surface area contributed by atoms with E-state index in [-0.39, 0.29) is 24.7 Å². The van der Waals surface area contributed by atoms with Crippen molar-refractivity contribution in [3.8, 4) is 0 Å². The van der Waals surface area contributed by atoms with Crippen LogP contribution in [0.3, 0.4) is 0 Å². The van der Waals surface area contributed by atoms with Gasteiger partial charge in [-0.15, -0.1) is 0 Å². The molecular formula is C27H40N4O7. The molecule has 0 aliphatic carbocycles. The predicted octanol–water partition coefficient (Wildman–Crippen LogP) is 3.71. The Bertz CT molecular complexity index is 1050. The summed E-state index contributed by atoms with van der Waals surface area (Å²) in [6.45, 7) is 8.95. The van der Waals surface area contributed by atoms with Gasteiger partial charge in [0.05, 0.1) is 23.5 Å². The number of imidazole rings is 1. The predicted molar refractivity (Wildman–Crippen MR) is 141 cm³/mol. The molecule has 0 radical (unpaired) electrons. The molecule has 11 heteroatoms. The zero-order valence-corrected chi connectivity index (χ0v) is 23.1. The molecule has 210 valence electrons. The van der Waals surface area contributed by atoms with E-state index < -0.39 is 23.7 Å². The molecule has 1 unspecified atom stereocenters. The van der Waals surface area contributed by atoms with Gasteiger partial charge < -0.3 is 29.5 Å². The van der Waals surface area contributed by atoms with Crippen LogP contribution in [0.25, 0.3) is 0 Å². The highest BCUT2D eigenvalue weighted by atomic mass is 16.5. The number of ether oxygens (including phenoxy) is 3. The van der Waals surface area contributed by atoms with Crippen LogP contribution in [-0.2, 0) is 32.0 Å². The first-order valence-electron chi connectivity index (χ1n) is 12.5. The maximum Gasteiger partial charge on any atom is 0.408 e. The number of hydrogen-bond donors (Lipinski definition) is 2. The Labute approximate surface area is 224 Å². The van der Waals surface area contributed by atoms with Crippen molar-refractivity contribution in [1.82, 2.24) is 19.8 Å². The third kappa shape index (κ3) is 10.5. The van der Waals surface area contributed by atoms with Crippen molar-refractivity contribution in [2.45, 2.75) is 70.8 Å². The van der Waals surface area contributed by atoms with E-state index in [1.165, 1.54) is 17.1 Å². The first-order valence-corrected chi connectivity index (χ1v) is 12.5. The fraction of sp³-hybridized carbons (Fsp3) is 0.556. The van der Waals surface area contributed by atoms with Crippen LogP contribution in [0.2, 0.25) is 0 Å². The highest BCUT2D eigenvalue weighted by Crippen LogP contribution is 2.19. The van der Waals surface area contributed by atoms with Crippen LogP contribution >= 0.6 is 0 Å². The summed E-state index contributed by atoms with van der Waals surface area (Å²) in [5, 5.41) is 11.9.